The molecule has 0 unspecified atom stereocenters. The van der Waals surface area contributed by atoms with Gasteiger partial charge in [-0.25, -0.2) is 0 Å². The summed E-state index contributed by atoms with van der Waals surface area (Å²) in [6.45, 7) is 1.84. The van der Waals surface area contributed by atoms with Crippen molar-refractivity contribution in [3.63, 3.8) is 0 Å². The van der Waals surface area contributed by atoms with Crippen molar-refractivity contribution in [2.75, 3.05) is 12.1 Å². The first-order valence-electron chi connectivity index (χ1n) is 7.10. The number of methoxy groups -OCH3 is 1. The zero-order valence-corrected chi connectivity index (χ0v) is 14.9. The number of halogens is 1. The molecular weight excluding hydrogens is 403 g/mol. The summed E-state index contributed by atoms with van der Waals surface area (Å²) in [5.74, 6) is 0.600. The highest BCUT2D eigenvalue weighted by Gasteiger charge is 2.28. The van der Waals surface area contributed by atoms with Crippen LogP contribution in [0.4, 0.5) is 5.69 Å². The lowest BCUT2D eigenvalue weighted by atomic mass is 10.1. The fourth-order valence-corrected chi connectivity index (χ4v) is 2.74. The first kappa shape index (κ1) is 15.7. The lowest BCUT2D eigenvalue weighted by Gasteiger charge is -2.11. The predicted molar refractivity (Wildman–Crippen MR) is 101 cm³/mol. The molecule has 5 heteroatoms. The Bertz CT molecular complexity index is 810. The van der Waals surface area contributed by atoms with Gasteiger partial charge in [0.15, 0.2) is 0 Å². The highest BCUT2D eigenvalue weighted by atomic mass is 127. The van der Waals surface area contributed by atoms with Crippen LogP contribution < -0.4 is 9.75 Å². The van der Waals surface area contributed by atoms with Gasteiger partial charge in [-0.3, -0.25) is 4.79 Å². The van der Waals surface area contributed by atoms with Crippen molar-refractivity contribution in [1.82, 2.24) is 0 Å². The highest BCUT2D eigenvalue weighted by Crippen LogP contribution is 2.27. The Morgan fingerprint density at radius 3 is 2.52 bits per heavy atom. The summed E-state index contributed by atoms with van der Waals surface area (Å²) >= 11 is 2.23. The summed E-state index contributed by atoms with van der Waals surface area (Å²) in [5.41, 5.74) is 2.89. The molecule has 0 saturated carbocycles. The standard InChI is InChI=1S/C18H15IN2O2/c1-12-16(11-13-5-3-4-6-17(13)23-2)18(22)21(20-12)15-9-7-14(19)8-10-15/h3-11H,1-2H3/b16-11-. The molecule has 0 spiro atoms. The SMILES string of the molecule is COc1ccccc1/C=C1\C(=O)N(c2ccc(I)cc2)N=C1C. The van der Waals surface area contributed by atoms with Crippen LogP contribution in [0, 0.1) is 3.57 Å². The van der Waals surface area contributed by atoms with E-state index in [0.29, 0.717) is 11.3 Å². The average Bonchev–Trinajstić information content (AvgIpc) is 2.84. The first-order valence-corrected chi connectivity index (χ1v) is 8.18. The van der Waals surface area contributed by atoms with Gasteiger partial charge in [0.25, 0.3) is 5.91 Å². The number of anilines is 1. The summed E-state index contributed by atoms with van der Waals surface area (Å²) in [5, 5.41) is 5.83. The largest absolute Gasteiger partial charge is 0.496 e. The fraction of sp³-hybridized carbons (Fsp3) is 0.111. The minimum absolute atomic E-state index is 0.130. The van der Waals surface area contributed by atoms with Gasteiger partial charge in [-0.05, 0) is 65.9 Å². The zero-order chi connectivity index (χ0) is 16.4. The lowest BCUT2D eigenvalue weighted by molar-refractivity contribution is -0.114. The molecule has 2 aromatic rings. The maximum absolute atomic E-state index is 12.7. The van der Waals surface area contributed by atoms with Gasteiger partial charge in [0.1, 0.15) is 5.75 Å². The van der Waals surface area contributed by atoms with Crippen LogP contribution >= 0.6 is 22.6 Å². The van der Waals surface area contributed by atoms with Crippen LogP contribution in [0.3, 0.4) is 0 Å². The minimum atomic E-state index is -0.130. The predicted octanol–water partition coefficient (Wildman–Crippen LogP) is 4.11. The quantitative estimate of drug-likeness (QED) is 0.557. The molecule has 1 aliphatic heterocycles. The lowest BCUT2D eigenvalue weighted by Crippen LogP contribution is -2.21. The third-order valence-corrected chi connectivity index (χ3v) is 4.29. The van der Waals surface area contributed by atoms with Gasteiger partial charge in [0.2, 0.25) is 0 Å². The second-order valence-electron chi connectivity index (χ2n) is 5.08. The molecule has 0 fully saturated rings. The van der Waals surface area contributed by atoms with E-state index in [0.717, 1.165) is 20.6 Å². The van der Waals surface area contributed by atoms with Crippen molar-refractivity contribution in [2.24, 2.45) is 5.10 Å². The van der Waals surface area contributed by atoms with Crippen LogP contribution in [0.15, 0.2) is 59.2 Å². The topological polar surface area (TPSA) is 41.9 Å². The summed E-state index contributed by atoms with van der Waals surface area (Å²) in [4.78, 5) is 12.7. The summed E-state index contributed by atoms with van der Waals surface area (Å²) in [6.07, 6.45) is 1.83. The third-order valence-electron chi connectivity index (χ3n) is 3.57. The number of hydrogen-bond donors (Lipinski definition) is 0. The Morgan fingerprint density at radius 2 is 1.83 bits per heavy atom. The number of amides is 1. The van der Waals surface area contributed by atoms with Crippen LogP contribution in [0.5, 0.6) is 5.75 Å². The monoisotopic (exact) mass is 418 g/mol. The van der Waals surface area contributed by atoms with E-state index in [4.69, 9.17) is 4.74 Å². The number of benzene rings is 2. The number of para-hydroxylation sites is 1. The van der Waals surface area contributed by atoms with E-state index >= 15 is 0 Å². The Kier molecular flexibility index (Phi) is 4.47. The van der Waals surface area contributed by atoms with E-state index in [1.807, 2.05) is 61.5 Å². The van der Waals surface area contributed by atoms with E-state index < -0.39 is 0 Å². The molecule has 1 heterocycles. The van der Waals surface area contributed by atoms with Crippen LogP contribution in [0.1, 0.15) is 12.5 Å². The van der Waals surface area contributed by atoms with Crippen molar-refractivity contribution in [2.45, 2.75) is 6.92 Å². The Morgan fingerprint density at radius 1 is 1.13 bits per heavy atom. The molecule has 2 aromatic carbocycles. The van der Waals surface area contributed by atoms with E-state index in [2.05, 4.69) is 27.7 Å². The molecule has 1 aliphatic rings. The highest BCUT2D eigenvalue weighted by molar-refractivity contribution is 14.1. The number of hydrogen-bond acceptors (Lipinski definition) is 3. The Hall–Kier alpha value is -2.15. The molecule has 0 aromatic heterocycles. The smallest absolute Gasteiger partial charge is 0.280 e. The van der Waals surface area contributed by atoms with Gasteiger partial charge in [0, 0.05) is 9.13 Å². The summed E-state index contributed by atoms with van der Waals surface area (Å²) in [7, 11) is 1.62. The second-order valence-corrected chi connectivity index (χ2v) is 6.32. The molecule has 0 N–H and O–H groups in total. The van der Waals surface area contributed by atoms with E-state index in [1.54, 1.807) is 7.11 Å². The molecule has 23 heavy (non-hydrogen) atoms. The fourth-order valence-electron chi connectivity index (χ4n) is 2.38. The molecule has 0 saturated heterocycles. The summed E-state index contributed by atoms with van der Waals surface area (Å²) < 4.78 is 6.45. The van der Waals surface area contributed by atoms with Gasteiger partial charge in [0.05, 0.1) is 24.1 Å². The van der Waals surface area contributed by atoms with E-state index in [9.17, 15) is 4.79 Å². The first-order chi connectivity index (χ1) is 11.1. The van der Waals surface area contributed by atoms with Gasteiger partial charge in [-0.1, -0.05) is 18.2 Å². The molecule has 4 nitrogen and oxygen atoms in total. The molecular formula is C18H15IN2O2. The van der Waals surface area contributed by atoms with Crippen molar-refractivity contribution in [3.05, 3.63) is 63.2 Å². The molecule has 3 rings (SSSR count). The van der Waals surface area contributed by atoms with Crippen molar-refractivity contribution >= 4 is 46.0 Å². The number of nitrogens with zero attached hydrogens (tertiary/aromatic N) is 2. The van der Waals surface area contributed by atoms with Gasteiger partial charge in [-0.15, -0.1) is 0 Å². The number of hydrazone groups is 1. The Balaban J connectivity index is 1.97. The molecule has 0 bridgehead atoms. The number of carbonyl (C=O) groups is 1. The van der Waals surface area contributed by atoms with E-state index in [1.165, 1.54) is 5.01 Å². The van der Waals surface area contributed by atoms with Crippen LogP contribution in [0.2, 0.25) is 0 Å². The van der Waals surface area contributed by atoms with Crippen LogP contribution in [-0.4, -0.2) is 18.7 Å². The second kappa shape index (κ2) is 6.54. The zero-order valence-electron chi connectivity index (χ0n) is 12.8. The normalized spacial score (nSPS) is 16.0. The van der Waals surface area contributed by atoms with Crippen LogP contribution in [-0.2, 0) is 4.79 Å². The van der Waals surface area contributed by atoms with Crippen LogP contribution in [0.25, 0.3) is 6.08 Å². The number of rotatable bonds is 3. The summed E-state index contributed by atoms with van der Waals surface area (Å²) in [6, 6.07) is 15.3. The number of carbonyl (C=O) groups excluding carboxylic acids is 1. The van der Waals surface area contributed by atoms with Crippen molar-refractivity contribution < 1.29 is 9.53 Å². The molecule has 0 aliphatic carbocycles. The Labute approximate surface area is 148 Å². The van der Waals surface area contributed by atoms with Gasteiger partial charge < -0.3 is 4.74 Å². The maximum Gasteiger partial charge on any atom is 0.280 e. The maximum atomic E-state index is 12.7. The van der Waals surface area contributed by atoms with Crippen molar-refractivity contribution in [1.29, 1.82) is 0 Å². The molecule has 116 valence electrons. The minimum Gasteiger partial charge on any atom is -0.496 e. The van der Waals surface area contributed by atoms with E-state index in [-0.39, 0.29) is 5.91 Å². The molecule has 1 amide bonds. The van der Waals surface area contributed by atoms with Crippen molar-refractivity contribution in [3.8, 4) is 5.75 Å². The van der Waals surface area contributed by atoms with Gasteiger partial charge in [-0.2, -0.15) is 10.1 Å². The third kappa shape index (κ3) is 3.14. The number of ether oxygens (including phenoxy) is 1. The van der Waals surface area contributed by atoms with Gasteiger partial charge >= 0.3 is 0 Å². The average molecular weight is 418 g/mol. The molecule has 0 atom stereocenters. The molecule has 0 radical (unpaired) electrons.